The summed E-state index contributed by atoms with van der Waals surface area (Å²) in [7, 11) is 0. The van der Waals surface area contributed by atoms with E-state index in [0.717, 1.165) is 11.1 Å². The predicted octanol–water partition coefficient (Wildman–Crippen LogP) is 4.58. The molecule has 35 heavy (non-hydrogen) atoms. The van der Waals surface area contributed by atoms with Gasteiger partial charge in [0.05, 0.1) is 12.1 Å². The first-order valence-electron chi connectivity index (χ1n) is 11.3. The zero-order chi connectivity index (χ0) is 24.9. The van der Waals surface area contributed by atoms with E-state index in [1.807, 2.05) is 38.1 Å². The van der Waals surface area contributed by atoms with Gasteiger partial charge in [-0.05, 0) is 49.2 Å². The van der Waals surface area contributed by atoms with Crippen LogP contribution in [-0.4, -0.2) is 35.4 Å². The van der Waals surface area contributed by atoms with Crippen LogP contribution in [0.2, 0.25) is 0 Å². The zero-order valence-electron chi connectivity index (χ0n) is 19.5. The molecule has 8 heteroatoms. The number of anilines is 1. The standard InChI is InChI=1S/C27H26FN3O4/c1-3-29-26(33)23-24(35-27(34)31(23)16-18-10-8-17(2)9-11-18)19-12-14-20(15-13-19)30-25(32)21-6-4-5-7-22(21)28/h4-15,23-24H,3,16H2,1-2H3,(H,29,33)(H,30,32). The average Bonchev–Trinajstić information content (AvgIpc) is 3.17. The minimum Gasteiger partial charge on any atom is -0.438 e. The third-order valence-electron chi connectivity index (χ3n) is 5.79. The van der Waals surface area contributed by atoms with Gasteiger partial charge in [-0.15, -0.1) is 0 Å². The van der Waals surface area contributed by atoms with Crippen molar-refractivity contribution in [2.45, 2.75) is 32.5 Å². The molecule has 2 atom stereocenters. The molecule has 1 aliphatic rings. The highest BCUT2D eigenvalue weighted by Gasteiger charge is 2.46. The number of nitrogens with one attached hydrogen (secondary N) is 2. The quantitative estimate of drug-likeness (QED) is 0.524. The van der Waals surface area contributed by atoms with Crippen molar-refractivity contribution in [1.82, 2.24) is 10.2 Å². The Labute approximate surface area is 202 Å². The molecule has 0 bridgehead atoms. The second-order valence-corrected chi connectivity index (χ2v) is 8.31. The van der Waals surface area contributed by atoms with Crippen molar-refractivity contribution < 1.29 is 23.5 Å². The highest BCUT2D eigenvalue weighted by Crippen LogP contribution is 2.34. The Morgan fingerprint density at radius 3 is 2.34 bits per heavy atom. The van der Waals surface area contributed by atoms with E-state index in [2.05, 4.69) is 10.6 Å². The summed E-state index contributed by atoms with van der Waals surface area (Å²) in [5.74, 6) is -1.50. The number of rotatable bonds is 7. The SMILES string of the molecule is CCNC(=O)C1C(c2ccc(NC(=O)c3ccccc3F)cc2)OC(=O)N1Cc1ccc(C)cc1. The van der Waals surface area contributed by atoms with Crippen LogP contribution in [0.3, 0.4) is 0 Å². The minimum atomic E-state index is -0.859. The van der Waals surface area contributed by atoms with Crippen LogP contribution in [-0.2, 0) is 16.1 Å². The number of ether oxygens (including phenoxy) is 1. The van der Waals surface area contributed by atoms with Gasteiger partial charge >= 0.3 is 6.09 Å². The second-order valence-electron chi connectivity index (χ2n) is 8.31. The molecule has 3 amide bonds. The number of nitrogens with zero attached hydrogens (tertiary/aromatic N) is 1. The molecular formula is C27H26FN3O4. The van der Waals surface area contributed by atoms with Crippen molar-refractivity contribution in [2.24, 2.45) is 0 Å². The Hall–Kier alpha value is -4.20. The number of likely N-dealkylation sites (N-methyl/N-ethyl adjacent to an activating group) is 1. The van der Waals surface area contributed by atoms with Crippen LogP contribution in [0.4, 0.5) is 14.9 Å². The number of benzene rings is 3. The van der Waals surface area contributed by atoms with Crippen molar-refractivity contribution >= 4 is 23.6 Å². The summed E-state index contributed by atoms with van der Waals surface area (Å²) < 4.78 is 19.5. The van der Waals surface area contributed by atoms with Gasteiger partial charge in [0, 0.05) is 12.2 Å². The number of carbonyl (C=O) groups excluding carboxylic acids is 3. The first-order valence-corrected chi connectivity index (χ1v) is 11.3. The van der Waals surface area contributed by atoms with Crippen LogP contribution < -0.4 is 10.6 Å². The summed E-state index contributed by atoms with van der Waals surface area (Å²) in [6.45, 7) is 4.43. The summed E-state index contributed by atoms with van der Waals surface area (Å²) >= 11 is 0. The molecule has 7 nitrogen and oxygen atoms in total. The molecule has 180 valence electrons. The van der Waals surface area contributed by atoms with Crippen molar-refractivity contribution in [1.29, 1.82) is 0 Å². The number of carbonyl (C=O) groups is 3. The van der Waals surface area contributed by atoms with Gasteiger partial charge in [-0.25, -0.2) is 9.18 Å². The summed E-state index contributed by atoms with van der Waals surface area (Å²) in [6.07, 6.45) is -1.40. The van der Waals surface area contributed by atoms with E-state index in [1.54, 1.807) is 30.3 Å². The molecule has 3 aromatic carbocycles. The Balaban J connectivity index is 1.54. The molecule has 4 rings (SSSR count). The van der Waals surface area contributed by atoms with E-state index in [1.165, 1.54) is 23.1 Å². The number of halogens is 1. The minimum absolute atomic E-state index is 0.0654. The Morgan fingerprint density at radius 1 is 1.00 bits per heavy atom. The molecule has 0 spiro atoms. The van der Waals surface area contributed by atoms with Gasteiger partial charge in [0.25, 0.3) is 5.91 Å². The Bertz CT molecular complexity index is 1230. The lowest BCUT2D eigenvalue weighted by Gasteiger charge is -2.24. The lowest BCUT2D eigenvalue weighted by atomic mass is 10.00. The molecule has 1 aliphatic heterocycles. The highest BCUT2D eigenvalue weighted by molar-refractivity contribution is 6.04. The van der Waals surface area contributed by atoms with Crippen LogP contribution in [0.5, 0.6) is 0 Å². The van der Waals surface area contributed by atoms with E-state index in [9.17, 15) is 18.8 Å². The fraction of sp³-hybridized carbons (Fsp3) is 0.222. The fourth-order valence-electron chi connectivity index (χ4n) is 3.98. The van der Waals surface area contributed by atoms with Gasteiger partial charge in [0.1, 0.15) is 5.82 Å². The van der Waals surface area contributed by atoms with Crippen LogP contribution >= 0.6 is 0 Å². The van der Waals surface area contributed by atoms with Crippen LogP contribution in [0, 0.1) is 12.7 Å². The molecule has 1 heterocycles. The Morgan fingerprint density at radius 2 is 1.69 bits per heavy atom. The number of amides is 3. The highest BCUT2D eigenvalue weighted by atomic mass is 19.1. The smallest absolute Gasteiger partial charge is 0.411 e. The zero-order valence-corrected chi connectivity index (χ0v) is 19.5. The predicted molar refractivity (Wildman–Crippen MR) is 129 cm³/mol. The van der Waals surface area contributed by atoms with Gasteiger partial charge in [-0.3, -0.25) is 14.5 Å². The number of hydrogen-bond acceptors (Lipinski definition) is 4. The van der Waals surface area contributed by atoms with Crippen LogP contribution in [0.1, 0.15) is 40.1 Å². The van der Waals surface area contributed by atoms with E-state index < -0.39 is 30.0 Å². The molecule has 3 aromatic rings. The topological polar surface area (TPSA) is 87.7 Å². The van der Waals surface area contributed by atoms with Gasteiger partial charge < -0.3 is 15.4 Å². The molecule has 1 fully saturated rings. The van der Waals surface area contributed by atoms with Gasteiger partial charge in [0.15, 0.2) is 12.1 Å². The summed E-state index contributed by atoms with van der Waals surface area (Å²) in [6, 6.07) is 19.2. The first-order chi connectivity index (χ1) is 16.9. The molecule has 1 saturated heterocycles. The maximum atomic E-state index is 13.9. The van der Waals surface area contributed by atoms with E-state index >= 15 is 0 Å². The van der Waals surface area contributed by atoms with Crippen molar-refractivity contribution in [3.63, 3.8) is 0 Å². The summed E-state index contributed by atoms with van der Waals surface area (Å²) in [5, 5.41) is 5.44. The average molecular weight is 476 g/mol. The number of hydrogen-bond donors (Lipinski definition) is 2. The van der Waals surface area contributed by atoms with E-state index in [0.29, 0.717) is 17.8 Å². The van der Waals surface area contributed by atoms with E-state index in [-0.39, 0.29) is 18.0 Å². The molecule has 0 aromatic heterocycles. The van der Waals surface area contributed by atoms with Gasteiger partial charge in [-0.1, -0.05) is 54.1 Å². The molecule has 2 unspecified atom stereocenters. The molecule has 0 radical (unpaired) electrons. The summed E-state index contributed by atoms with van der Waals surface area (Å²) in [4.78, 5) is 39.5. The third-order valence-corrected chi connectivity index (χ3v) is 5.79. The van der Waals surface area contributed by atoms with Crippen molar-refractivity contribution in [3.05, 3.63) is 101 Å². The van der Waals surface area contributed by atoms with Gasteiger partial charge in [0.2, 0.25) is 5.91 Å². The molecule has 0 saturated carbocycles. The van der Waals surface area contributed by atoms with Gasteiger partial charge in [-0.2, -0.15) is 0 Å². The maximum absolute atomic E-state index is 13.9. The monoisotopic (exact) mass is 475 g/mol. The number of cyclic esters (lactones) is 1. The van der Waals surface area contributed by atoms with E-state index in [4.69, 9.17) is 4.74 Å². The van der Waals surface area contributed by atoms with Crippen LogP contribution in [0.25, 0.3) is 0 Å². The maximum Gasteiger partial charge on any atom is 0.411 e. The fourth-order valence-corrected chi connectivity index (χ4v) is 3.98. The molecular weight excluding hydrogens is 449 g/mol. The van der Waals surface area contributed by atoms with Crippen molar-refractivity contribution in [2.75, 3.05) is 11.9 Å². The molecule has 2 N–H and O–H groups in total. The summed E-state index contributed by atoms with van der Waals surface area (Å²) in [5.41, 5.74) is 2.96. The third kappa shape index (κ3) is 5.32. The second kappa shape index (κ2) is 10.4. The normalized spacial score (nSPS) is 17.1. The first kappa shape index (κ1) is 23.9. The lowest BCUT2D eigenvalue weighted by Crippen LogP contribution is -2.46. The number of aryl methyl sites for hydroxylation is 1. The largest absolute Gasteiger partial charge is 0.438 e. The molecule has 0 aliphatic carbocycles. The van der Waals surface area contributed by atoms with Crippen LogP contribution in [0.15, 0.2) is 72.8 Å². The Kier molecular flexibility index (Phi) is 7.10. The van der Waals surface area contributed by atoms with Crippen molar-refractivity contribution in [3.8, 4) is 0 Å². The lowest BCUT2D eigenvalue weighted by molar-refractivity contribution is -0.126.